The van der Waals surface area contributed by atoms with Crippen LogP contribution >= 0.6 is 34.8 Å². The molecule has 0 radical (unpaired) electrons. The predicted molar refractivity (Wildman–Crippen MR) is 77.4 cm³/mol. The van der Waals surface area contributed by atoms with Gasteiger partial charge >= 0.3 is 0 Å². The van der Waals surface area contributed by atoms with Crippen molar-refractivity contribution in [3.05, 3.63) is 33.1 Å². The summed E-state index contributed by atoms with van der Waals surface area (Å²) in [5.41, 5.74) is 5.14. The van der Waals surface area contributed by atoms with Crippen molar-refractivity contribution >= 4 is 45.7 Å². The molecular formula is C11H12FIN2OS. The Labute approximate surface area is 118 Å². The molecule has 6 heteroatoms. The number of carbonyl (C=O) groups is 1. The first kappa shape index (κ1) is 14.3. The molecular weight excluding hydrogens is 354 g/mol. The van der Waals surface area contributed by atoms with Crippen LogP contribution in [0.25, 0.3) is 0 Å². The molecule has 0 saturated heterocycles. The molecule has 1 rings (SSSR count). The Morgan fingerprint density at radius 3 is 2.59 bits per heavy atom. The summed E-state index contributed by atoms with van der Waals surface area (Å²) in [5.74, 6) is -0.702. The van der Waals surface area contributed by atoms with E-state index in [-0.39, 0.29) is 16.7 Å². The maximum Gasteiger partial charge on any atom is 0.253 e. The van der Waals surface area contributed by atoms with Crippen molar-refractivity contribution in [3.8, 4) is 0 Å². The number of nitrogens with one attached hydrogen (secondary N) is 1. The molecule has 0 atom stereocenters. The lowest BCUT2D eigenvalue weighted by Crippen LogP contribution is -2.52. The maximum atomic E-state index is 12.9. The Bertz CT molecular complexity index is 477. The summed E-state index contributed by atoms with van der Waals surface area (Å²) >= 11 is 6.76. The summed E-state index contributed by atoms with van der Waals surface area (Å²) in [4.78, 5) is 12.1. The largest absolute Gasteiger partial charge is 0.391 e. The van der Waals surface area contributed by atoms with Gasteiger partial charge in [0.05, 0.1) is 16.1 Å². The molecule has 0 saturated carbocycles. The van der Waals surface area contributed by atoms with Crippen LogP contribution in [0.15, 0.2) is 18.2 Å². The lowest BCUT2D eigenvalue weighted by molar-refractivity contribution is 0.0931. The number of hydrogen-bond donors (Lipinski definition) is 2. The van der Waals surface area contributed by atoms with Crippen LogP contribution in [0.5, 0.6) is 0 Å². The minimum Gasteiger partial charge on any atom is -0.391 e. The molecule has 0 heterocycles. The van der Waals surface area contributed by atoms with E-state index in [1.165, 1.54) is 18.2 Å². The zero-order valence-corrected chi connectivity index (χ0v) is 12.4. The van der Waals surface area contributed by atoms with Crippen LogP contribution in [-0.4, -0.2) is 16.4 Å². The fraction of sp³-hybridized carbons (Fsp3) is 0.273. The van der Waals surface area contributed by atoms with Gasteiger partial charge in [0, 0.05) is 3.57 Å². The van der Waals surface area contributed by atoms with Gasteiger partial charge in [-0.15, -0.1) is 0 Å². The molecule has 0 spiro atoms. The molecule has 1 amide bonds. The van der Waals surface area contributed by atoms with E-state index < -0.39 is 5.54 Å². The second-order valence-corrected chi connectivity index (χ2v) is 5.67. The molecule has 92 valence electrons. The molecule has 0 aromatic heterocycles. The number of nitrogens with two attached hydrogens (primary N) is 1. The number of hydrogen-bond acceptors (Lipinski definition) is 2. The van der Waals surface area contributed by atoms with Crippen LogP contribution in [0.4, 0.5) is 4.39 Å². The van der Waals surface area contributed by atoms with E-state index >= 15 is 0 Å². The summed E-state index contributed by atoms with van der Waals surface area (Å²) in [6.07, 6.45) is 0. The highest BCUT2D eigenvalue weighted by Crippen LogP contribution is 2.15. The molecule has 0 aliphatic carbocycles. The van der Waals surface area contributed by atoms with E-state index in [0.29, 0.717) is 9.13 Å². The Morgan fingerprint density at radius 1 is 1.53 bits per heavy atom. The smallest absolute Gasteiger partial charge is 0.253 e. The normalized spacial score (nSPS) is 11.1. The van der Waals surface area contributed by atoms with Crippen LogP contribution in [0.1, 0.15) is 24.2 Å². The summed E-state index contributed by atoms with van der Waals surface area (Å²) in [6.45, 7) is 3.42. The van der Waals surface area contributed by atoms with E-state index in [9.17, 15) is 9.18 Å². The predicted octanol–water partition coefficient (Wildman–Crippen LogP) is 2.22. The van der Waals surface area contributed by atoms with Crippen molar-refractivity contribution in [1.82, 2.24) is 5.32 Å². The maximum absolute atomic E-state index is 12.9. The van der Waals surface area contributed by atoms with Crippen molar-refractivity contribution < 1.29 is 9.18 Å². The molecule has 3 nitrogen and oxygen atoms in total. The second-order valence-electron chi connectivity index (χ2n) is 4.07. The number of thiocarbonyl (C=S) groups is 1. The van der Waals surface area contributed by atoms with Gasteiger partial charge in [0.1, 0.15) is 5.82 Å². The number of amides is 1. The van der Waals surface area contributed by atoms with Crippen LogP contribution in [-0.2, 0) is 0 Å². The van der Waals surface area contributed by atoms with Crippen molar-refractivity contribution in [1.29, 1.82) is 0 Å². The quantitative estimate of drug-likeness (QED) is 0.637. The van der Waals surface area contributed by atoms with Crippen molar-refractivity contribution in [2.24, 2.45) is 5.73 Å². The first-order valence-corrected chi connectivity index (χ1v) is 6.30. The van der Waals surface area contributed by atoms with Gasteiger partial charge in [-0.05, 0) is 54.6 Å². The third kappa shape index (κ3) is 3.60. The number of rotatable bonds is 3. The van der Waals surface area contributed by atoms with Crippen molar-refractivity contribution in [2.45, 2.75) is 19.4 Å². The van der Waals surface area contributed by atoms with Crippen LogP contribution in [0.3, 0.4) is 0 Å². The molecule has 0 fully saturated rings. The molecule has 1 aromatic carbocycles. The zero-order valence-electron chi connectivity index (χ0n) is 9.38. The van der Waals surface area contributed by atoms with E-state index in [2.05, 4.69) is 5.32 Å². The number of benzene rings is 1. The van der Waals surface area contributed by atoms with Gasteiger partial charge in [-0.25, -0.2) is 4.39 Å². The van der Waals surface area contributed by atoms with Crippen LogP contribution in [0, 0.1) is 9.39 Å². The van der Waals surface area contributed by atoms with E-state index in [1.54, 1.807) is 13.8 Å². The summed E-state index contributed by atoms with van der Waals surface area (Å²) in [6, 6.07) is 3.97. The Kier molecular flexibility index (Phi) is 4.42. The lowest BCUT2D eigenvalue weighted by atomic mass is 10.0. The molecule has 0 aliphatic rings. The van der Waals surface area contributed by atoms with E-state index in [4.69, 9.17) is 18.0 Å². The Morgan fingerprint density at radius 2 is 2.12 bits per heavy atom. The zero-order chi connectivity index (χ0) is 13.2. The first-order valence-electron chi connectivity index (χ1n) is 4.81. The fourth-order valence-corrected chi connectivity index (χ4v) is 1.86. The summed E-state index contributed by atoms with van der Waals surface area (Å²) in [7, 11) is 0. The third-order valence-corrected chi connectivity index (χ3v) is 3.62. The Hall–Kier alpha value is -0.760. The van der Waals surface area contributed by atoms with Gasteiger partial charge < -0.3 is 11.1 Å². The monoisotopic (exact) mass is 366 g/mol. The molecule has 3 N–H and O–H groups in total. The average molecular weight is 366 g/mol. The highest BCUT2D eigenvalue weighted by atomic mass is 127. The van der Waals surface area contributed by atoms with Crippen LogP contribution in [0.2, 0.25) is 0 Å². The van der Waals surface area contributed by atoms with Gasteiger partial charge in [0.15, 0.2) is 0 Å². The molecule has 0 unspecified atom stereocenters. The van der Waals surface area contributed by atoms with E-state index in [1.807, 2.05) is 22.6 Å². The molecule has 1 aromatic rings. The highest BCUT2D eigenvalue weighted by Gasteiger charge is 2.25. The van der Waals surface area contributed by atoms with E-state index in [0.717, 1.165) is 0 Å². The second kappa shape index (κ2) is 5.26. The lowest BCUT2D eigenvalue weighted by Gasteiger charge is -2.25. The highest BCUT2D eigenvalue weighted by molar-refractivity contribution is 14.1. The summed E-state index contributed by atoms with van der Waals surface area (Å²) in [5, 5.41) is 2.70. The van der Waals surface area contributed by atoms with Gasteiger partial charge in [-0.3, -0.25) is 4.79 Å². The summed E-state index contributed by atoms with van der Waals surface area (Å²) < 4.78 is 13.4. The molecule has 0 aliphatic heterocycles. The van der Waals surface area contributed by atoms with Gasteiger partial charge in [-0.2, -0.15) is 0 Å². The Balaban J connectivity index is 2.95. The first-order chi connectivity index (χ1) is 7.74. The SMILES string of the molecule is CC(C)(NC(=O)c1ccc(F)cc1I)C(N)=S. The van der Waals surface area contributed by atoms with Crippen molar-refractivity contribution in [3.63, 3.8) is 0 Å². The van der Waals surface area contributed by atoms with Gasteiger partial charge in [-0.1, -0.05) is 12.2 Å². The average Bonchev–Trinajstić information content (AvgIpc) is 2.15. The molecule has 0 bridgehead atoms. The third-order valence-electron chi connectivity index (χ3n) is 2.22. The minimum absolute atomic E-state index is 0.197. The van der Waals surface area contributed by atoms with Gasteiger partial charge in [0.25, 0.3) is 5.91 Å². The van der Waals surface area contributed by atoms with Gasteiger partial charge in [0.2, 0.25) is 0 Å². The van der Waals surface area contributed by atoms with Crippen molar-refractivity contribution in [2.75, 3.05) is 0 Å². The number of halogens is 2. The molecule has 17 heavy (non-hydrogen) atoms. The minimum atomic E-state index is -0.774. The topological polar surface area (TPSA) is 55.1 Å². The number of carbonyl (C=O) groups excluding carboxylic acids is 1. The standard InChI is InChI=1S/C11H12FIN2OS/c1-11(2,10(14)17)15-9(16)7-4-3-6(12)5-8(7)13/h3-5H,1-2H3,(H2,14,17)(H,15,16). The van der Waals surface area contributed by atoms with Crippen LogP contribution < -0.4 is 11.1 Å². The fourth-order valence-electron chi connectivity index (χ4n) is 1.09.